The second-order valence-corrected chi connectivity index (χ2v) is 5.64. The lowest BCUT2D eigenvalue weighted by Crippen LogP contribution is -2.34. The van der Waals surface area contributed by atoms with Crippen molar-refractivity contribution in [2.24, 2.45) is 5.73 Å². The monoisotopic (exact) mass is 286 g/mol. The summed E-state index contributed by atoms with van der Waals surface area (Å²) < 4.78 is 37.6. The van der Waals surface area contributed by atoms with E-state index in [1.807, 2.05) is 30.3 Å². The van der Waals surface area contributed by atoms with Crippen LogP contribution in [-0.2, 0) is 18.1 Å². The highest BCUT2D eigenvalue weighted by Gasteiger charge is 2.36. The van der Waals surface area contributed by atoms with Crippen LogP contribution in [0.4, 0.5) is 13.2 Å². The van der Waals surface area contributed by atoms with Crippen molar-refractivity contribution in [1.82, 2.24) is 4.98 Å². The maximum absolute atomic E-state index is 12.5. The Morgan fingerprint density at radius 1 is 1.21 bits per heavy atom. The van der Waals surface area contributed by atoms with Gasteiger partial charge in [-0.1, -0.05) is 30.3 Å². The predicted octanol–water partition coefficient (Wildman–Crippen LogP) is 3.58. The van der Waals surface area contributed by atoms with Crippen molar-refractivity contribution in [3.63, 3.8) is 0 Å². The molecule has 0 fully saturated rings. The van der Waals surface area contributed by atoms with Crippen LogP contribution in [0.5, 0.6) is 0 Å². The molecule has 0 spiro atoms. The Balaban J connectivity index is 2.22. The van der Waals surface area contributed by atoms with Crippen molar-refractivity contribution >= 4 is 11.3 Å². The Kier molecular flexibility index (Phi) is 3.64. The molecule has 0 aliphatic carbocycles. The molecule has 19 heavy (non-hydrogen) atoms. The lowest BCUT2D eigenvalue weighted by molar-refractivity contribution is -0.137. The highest BCUT2D eigenvalue weighted by molar-refractivity contribution is 7.11. The smallest absolute Gasteiger partial charge is 0.321 e. The zero-order valence-corrected chi connectivity index (χ0v) is 11.1. The average molecular weight is 286 g/mol. The third-order valence-corrected chi connectivity index (χ3v) is 4.05. The molecule has 0 saturated carbocycles. The van der Waals surface area contributed by atoms with Crippen molar-refractivity contribution in [2.75, 3.05) is 0 Å². The molecule has 0 bridgehead atoms. The second kappa shape index (κ2) is 4.94. The highest BCUT2D eigenvalue weighted by Crippen LogP contribution is 2.36. The fourth-order valence-electron chi connectivity index (χ4n) is 1.78. The normalized spacial score (nSPS) is 15.2. The molecule has 0 amide bonds. The van der Waals surface area contributed by atoms with Gasteiger partial charge in [-0.15, -0.1) is 11.3 Å². The Morgan fingerprint density at radius 2 is 1.84 bits per heavy atom. The minimum absolute atomic E-state index is 0.434. The van der Waals surface area contributed by atoms with Gasteiger partial charge in [-0.2, -0.15) is 13.2 Å². The molecule has 0 aliphatic rings. The van der Waals surface area contributed by atoms with E-state index in [4.69, 9.17) is 5.73 Å². The first-order valence-electron chi connectivity index (χ1n) is 5.65. The molecule has 102 valence electrons. The van der Waals surface area contributed by atoms with Gasteiger partial charge < -0.3 is 5.73 Å². The van der Waals surface area contributed by atoms with Crippen LogP contribution in [0.2, 0.25) is 0 Å². The number of benzene rings is 1. The number of thiazole rings is 1. The van der Waals surface area contributed by atoms with Gasteiger partial charge in [0, 0.05) is 11.1 Å². The van der Waals surface area contributed by atoms with E-state index in [1.165, 1.54) is 6.20 Å². The van der Waals surface area contributed by atoms with Gasteiger partial charge in [0.05, 0.1) is 5.54 Å². The van der Waals surface area contributed by atoms with E-state index in [1.54, 1.807) is 6.92 Å². The molecule has 2 nitrogen and oxygen atoms in total. The summed E-state index contributed by atoms with van der Waals surface area (Å²) in [5.74, 6) is 0. The Bertz CT molecular complexity index is 547. The third kappa shape index (κ3) is 3.33. The van der Waals surface area contributed by atoms with Crippen LogP contribution in [0.1, 0.15) is 22.4 Å². The first kappa shape index (κ1) is 14.0. The molecule has 6 heteroatoms. The maximum Gasteiger partial charge on any atom is 0.443 e. The van der Waals surface area contributed by atoms with Gasteiger partial charge in [0.25, 0.3) is 0 Å². The molecule has 1 atom stereocenters. The van der Waals surface area contributed by atoms with Crippen LogP contribution in [0, 0.1) is 0 Å². The van der Waals surface area contributed by atoms with Gasteiger partial charge in [0.1, 0.15) is 0 Å². The molecular formula is C13H13F3N2S. The molecule has 2 aromatic rings. The van der Waals surface area contributed by atoms with Gasteiger partial charge in [0.15, 0.2) is 5.01 Å². The summed E-state index contributed by atoms with van der Waals surface area (Å²) in [4.78, 5) is 3.84. The minimum atomic E-state index is -4.41. The largest absolute Gasteiger partial charge is 0.443 e. The van der Waals surface area contributed by atoms with E-state index in [0.717, 1.165) is 5.56 Å². The fraction of sp³-hybridized carbons (Fsp3) is 0.308. The maximum atomic E-state index is 12.5. The van der Waals surface area contributed by atoms with E-state index in [2.05, 4.69) is 4.98 Å². The molecule has 1 unspecified atom stereocenters. The van der Waals surface area contributed by atoms with E-state index in [-0.39, 0.29) is 0 Å². The van der Waals surface area contributed by atoms with Crippen LogP contribution in [0.15, 0.2) is 36.5 Å². The molecule has 2 rings (SSSR count). The van der Waals surface area contributed by atoms with E-state index in [9.17, 15) is 13.2 Å². The zero-order valence-electron chi connectivity index (χ0n) is 10.2. The van der Waals surface area contributed by atoms with Gasteiger partial charge >= 0.3 is 6.18 Å². The SMILES string of the molecule is CC(N)(Cc1ccccc1)c1cnc(C(F)(F)F)s1. The number of nitrogens with two attached hydrogens (primary N) is 1. The summed E-state index contributed by atoms with van der Waals surface area (Å²) in [6.45, 7) is 1.72. The van der Waals surface area contributed by atoms with Crippen LogP contribution in [-0.4, -0.2) is 4.98 Å². The molecule has 0 saturated heterocycles. The lowest BCUT2D eigenvalue weighted by atomic mass is 9.93. The van der Waals surface area contributed by atoms with Crippen LogP contribution >= 0.6 is 11.3 Å². The van der Waals surface area contributed by atoms with Gasteiger partial charge in [0.2, 0.25) is 0 Å². The van der Waals surface area contributed by atoms with Crippen molar-refractivity contribution < 1.29 is 13.2 Å². The zero-order chi connectivity index (χ0) is 14.1. The number of nitrogens with zero attached hydrogens (tertiary/aromatic N) is 1. The van der Waals surface area contributed by atoms with Crippen molar-refractivity contribution in [3.05, 3.63) is 52.0 Å². The second-order valence-electron chi connectivity index (χ2n) is 4.61. The summed E-state index contributed by atoms with van der Waals surface area (Å²) in [7, 11) is 0. The van der Waals surface area contributed by atoms with E-state index in [0.29, 0.717) is 22.6 Å². The first-order chi connectivity index (χ1) is 8.79. The van der Waals surface area contributed by atoms with Gasteiger partial charge in [-0.25, -0.2) is 4.98 Å². The van der Waals surface area contributed by atoms with Gasteiger partial charge in [-0.05, 0) is 18.9 Å². The standard InChI is InChI=1S/C13H13F3N2S/c1-12(17,7-9-5-3-2-4-6-9)10-8-18-11(19-10)13(14,15)16/h2-6,8H,7,17H2,1H3. The fourth-order valence-corrected chi connectivity index (χ4v) is 2.62. The number of hydrogen-bond donors (Lipinski definition) is 1. The number of hydrogen-bond acceptors (Lipinski definition) is 3. The van der Waals surface area contributed by atoms with Crippen LogP contribution < -0.4 is 5.73 Å². The summed E-state index contributed by atoms with van der Waals surface area (Å²) >= 11 is 0.605. The van der Waals surface area contributed by atoms with Crippen LogP contribution in [0.3, 0.4) is 0 Å². The Morgan fingerprint density at radius 3 is 2.37 bits per heavy atom. The average Bonchev–Trinajstić information content (AvgIpc) is 2.79. The Hall–Kier alpha value is -1.40. The summed E-state index contributed by atoms with van der Waals surface area (Å²) in [6, 6.07) is 9.43. The quantitative estimate of drug-likeness (QED) is 0.936. The number of aromatic nitrogens is 1. The molecule has 0 radical (unpaired) electrons. The number of rotatable bonds is 3. The molecular weight excluding hydrogens is 273 g/mol. The number of halogens is 3. The predicted molar refractivity (Wildman–Crippen MR) is 68.8 cm³/mol. The van der Waals surface area contributed by atoms with Gasteiger partial charge in [-0.3, -0.25) is 0 Å². The summed E-state index contributed by atoms with van der Waals surface area (Å²) in [6.07, 6.45) is -2.73. The molecule has 1 aromatic heterocycles. The molecule has 1 heterocycles. The Labute approximate surface area is 113 Å². The highest BCUT2D eigenvalue weighted by atomic mass is 32.1. The van der Waals surface area contributed by atoms with Crippen molar-refractivity contribution in [2.45, 2.75) is 25.1 Å². The first-order valence-corrected chi connectivity index (χ1v) is 6.47. The third-order valence-electron chi connectivity index (χ3n) is 2.73. The minimum Gasteiger partial charge on any atom is -0.321 e. The van der Waals surface area contributed by atoms with E-state index >= 15 is 0 Å². The van der Waals surface area contributed by atoms with Crippen molar-refractivity contribution in [1.29, 1.82) is 0 Å². The van der Waals surface area contributed by atoms with E-state index < -0.39 is 16.7 Å². The van der Waals surface area contributed by atoms with Crippen molar-refractivity contribution in [3.8, 4) is 0 Å². The topological polar surface area (TPSA) is 38.9 Å². The molecule has 2 N–H and O–H groups in total. The lowest BCUT2D eigenvalue weighted by Gasteiger charge is -2.22. The molecule has 1 aromatic carbocycles. The number of alkyl halides is 3. The molecule has 0 aliphatic heterocycles. The summed E-state index contributed by atoms with van der Waals surface area (Å²) in [5.41, 5.74) is 6.25. The summed E-state index contributed by atoms with van der Waals surface area (Å²) in [5, 5.41) is -0.854. The van der Waals surface area contributed by atoms with Crippen LogP contribution in [0.25, 0.3) is 0 Å².